The molecule has 0 heterocycles. The van der Waals surface area contributed by atoms with Crippen molar-refractivity contribution in [3.63, 3.8) is 0 Å². The van der Waals surface area contributed by atoms with Gasteiger partial charge in [0.15, 0.2) is 0 Å². The van der Waals surface area contributed by atoms with Crippen LogP contribution in [-0.4, -0.2) is 5.60 Å². The van der Waals surface area contributed by atoms with Gasteiger partial charge in [-0.25, -0.2) is 5.11 Å². The molecule has 0 aliphatic heterocycles. The van der Waals surface area contributed by atoms with Gasteiger partial charge in [-0.2, -0.15) is 0 Å². The van der Waals surface area contributed by atoms with Crippen molar-refractivity contribution >= 4 is 0 Å². The first kappa shape index (κ1) is 23.0. The predicted octanol–water partition coefficient (Wildman–Crippen LogP) is 8.24. The first-order valence-electron chi connectivity index (χ1n) is 10.8. The molecular formula is C22H45O. The highest BCUT2D eigenvalue weighted by Crippen LogP contribution is 2.23. The van der Waals surface area contributed by atoms with Gasteiger partial charge in [0.1, 0.15) is 5.60 Å². The van der Waals surface area contributed by atoms with Gasteiger partial charge in [-0.15, -0.1) is 0 Å². The fourth-order valence-electron chi connectivity index (χ4n) is 3.39. The highest BCUT2D eigenvalue weighted by atomic mass is 16.3. The van der Waals surface area contributed by atoms with Crippen molar-refractivity contribution in [2.24, 2.45) is 0 Å². The van der Waals surface area contributed by atoms with Crippen LogP contribution < -0.4 is 0 Å². The van der Waals surface area contributed by atoms with Crippen molar-refractivity contribution < 1.29 is 5.11 Å². The van der Waals surface area contributed by atoms with Crippen LogP contribution in [0.25, 0.3) is 0 Å². The van der Waals surface area contributed by atoms with E-state index in [4.69, 9.17) is 0 Å². The third kappa shape index (κ3) is 18.1. The Morgan fingerprint density at radius 3 is 1.04 bits per heavy atom. The molecule has 1 heteroatoms. The summed E-state index contributed by atoms with van der Waals surface area (Å²) in [6, 6.07) is 0. The second kappa shape index (κ2) is 16.8. The third-order valence-corrected chi connectivity index (χ3v) is 5.12. The maximum Gasteiger partial charge on any atom is 0.101 e. The van der Waals surface area contributed by atoms with E-state index in [0.29, 0.717) is 0 Å². The molecule has 0 saturated heterocycles. The Bertz CT molecular complexity index is 200. The summed E-state index contributed by atoms with van der Waals surface area (Å²) in [6.45, 7) is 6.47. The first-order chi connectivity index (χ1) is 11.1. The second-order valence-corrected chi connectivity index (χ2v) is 7.90. The van der Waals surface area contributed by atoms with E-state index in [2.05, 4.69) is 13.8 Å². The standard InChI is InChI=1S/C22H45O/c1-4-6-8-10-12-14-16-18-20-22(3,23)21-19-17-15-13-11-9-7-5-2/h4-21H2,1-3H3. The lowest BCUT2D eigenvalue weighted by atomic mass is 9.91. The topological polar surface area (TPSA) is 19.9 Å². The minimum Gasteiger partial charge on any atom is -0.230 e. The minimum atomic E-state index is -0.662. The highest BCUT2D eigenvalue weighted by Gasteiger charge is 2.21. The zero-order valence-corrected chi connectivity index (χ0v) is 16.6. The van der Waals surface area contributed by atoms with E-state index in [0.717, 1.165) is 25.7 Å². The Balaban J connectivity index is 3.33. The van der Waals surface area contributed by atoms with E-state index in [9.17, 15) is 5.11 Å². The van der Waals surface area contributed by atoms with E-state index in [1.165, 1.54) is 89.9 Å². The molecule has 0 aromatic carbocycles. The molecular weight excluding hydrogens is 280 g/mol. The lowest BCUT2D eigenvalue weighted by molar-refractivity contribution is -0.0310. The van der Waals surface area contributed by atoms with Crippen LogP contribution in [0.5, 0.6) is 0 Å². The fraction of sp³-hybridized carbons (Fsp3) is 1.00. The Kier molecular flexibility index (Phi) is 16.8. The van der Waals surface area contributed by atoms with E-state index in [-0.39, 0.29) is 0 Å². The summed E-state index contributed by atoms with van der Waals surface area (Å²) >= 11 is 0. The molecule has 139 valence electrons. The largest absolute Gasteiger partial charge is 0.230 e. The van der Waals surface area contributed by atoms with Gasteiger partial charge in [0.2, 0.25) is 0 Å². The van der Waals surface area contributed by atoms with Crippen molar-refractivity contribution in [3.8, 4) is 0 Å². The summed E-state index contributed by atoms with van der Waals surface area (Å²) in [6.07, 6.45) is 23.0. The summed E-state index contributed by atoms with van der Waals surface area (Å²) in [4.78, 5) is 0. The molecule has 0 amide bonds. The van der Waals surface area contributed by atoms with Crippen LogP contribution in [0.3, 0.4) is 0 Å². The van der Waals surface area contributed by atoms with Gasteiger partial charge >= 0.3 is 0 Å². The van der Waals surface area contributed by atoms with Gasteiger partial charge in [0, 0.05) is 0 Å². The lowest BCUT2D eigenvalue weighted by Crippen LogP contribution is -2.21. The van der Waals surface area contributed by atoms with Crippen LogP contribution in [0.2, 0.25) is 0 Å². The van der Waals surface area contributed by atoms with Gasteiger partial charge in [-0.1, -0.05) is 117 Å². The second-order valence-electron chi connectivity index (χ2n) is 7.90. The Hall–Kier alpha value is -0.0400. The fourth-order valence-corrected chi connectivity index (χ4v) is 3.39. The summed E-state index contributed by atoms with van der Waals surface area (Å²) < 4.78 is 0. The summed E-state index contributed by atoms with van der Waals surface area (Å²) in [7, 11) is 0. The maximum absolute atomic E-state index is 12.5. The smallest absolute Gasteiger partial charge is 0.101 e. The molecule has 0 rings (SSSR count). The zero-order chi connectivity index (χ0) is 17.2. The molecule has 0 spiro atoms. The molecule has 0 unspecified atom stereocenters. The maximum atomic E-state index is 12.5. The summed E-state index contributed by atoms with van der Waals surface area (Å²) in [5, 5.41) is 12.5. The van der Waals surface area contributed by atoms with Gasteiger partial charge < -0.3 is 0 Å². The zero-order valence-electron chi connectivity index (χ0n) is 16.6. The molecule has 0 aromatic heterocycles. The van der Waals surface area contributed by atoms with E-state index in [1.807, 2.05) is 6.92 Å². The molecule has 0 bridgehead atoms. The van der Waals surface area contributed by atoms with Crippen molar-refractivity contribution in [2.45, 2.75) is 142 Å². The van der Waals surface area contributed by atoms with Crippen LogP contribution in [0.1, 0.15) is 136 Å². The van der Waals surface area contributed by atoms with Crippen LogP contribution in [0, 0.1) is 0 Å². The number of hydrogen-bond donors (Lipinski definition) is 0. The molecule has 0 aromatic rings. The summed E-state index contributed by atoms with van der Waals surface area (Å²) in [5.41, 5.74) is -0.662. The summed E-state index contributed by atoms with van der Waals surface area (Å²) in [5.74, 6) is 0. The first-order valence-corrected chi connectivity index (χ1v) is 10.8. The van der Waals surface area contributed by atoms with Gasteiger partial charge in [-0.05, 0) is 19.8 Å². The molecule has 23 heavy (non-hydrogen) atoms. The van der Waals surface area contributed by atoms with Crippen molar-refractivity contribution in [2.75, 3.05) is 0 Å². The van der Waals surface area contributed by atoms with Crippen LogP contribution in [-0.2, 0) is 5.11 Å². The van der Waals surface area contributed by atoms with Crippen molar-refractivity contribution in [3.05, 3.63) is 0 Å². The molecule has 0 aliphatic rings. The third-order valence-electron chi connectivity index (χ3n) is 5.12. The molecule has 0 atom stereocenters. The minimum absolute atomic E-state index is 0.662. The SMILES string of the molecule is CCCCCCCCCCC(C)([O])CCCCCCCCCC. The monoisotopic (exact) mass is 325 g/mol. The lowest BCUT2D eigenvalue weighted by Gasteiger charge is -2.20. The number of hydrogen-bond acceptors (Lipinski definition) is 0. The van der Waals surface area contributed by atoms with Crippen molar-refractivity contribution in [1.82, 2.24) is 0 Å². The Morgan fingerprint density at radius 2 is 0.739 bits per heavy atom. The normalized spacial score (nSPS) is 12.0. The van der Waals surface area contributed by atoms with Gasteiger partial charge in [-0.3, -0.25) is 0 Å². The van der Waals surface area contributed by atoms with Gasteiger partial charge in [0.05, 0.1) is 0 Å². The molecule has 1 nitrogen and oxygen atoms in total. The average molecular weight is 326 g/mol. The number of rotatable bonds is 18. The van der Waals surface area contributed by atoms with Gasteiger partial charge in [0.25, 0.3) is 0 Å². The molecule has 0 saturated carbocycles. The van der Waals surface area contributed by atoms with E-state index < -0.39 is 5.60 Å². The quantitative estimate of drug-likeness (QED) is 0.226. The highest BCUT2D eigenvalue weighted by molar-refractivity contribution is 4.72. The Labute approximate surface area is 147 Å². The van der Waals surface area contributed by atoms with E-state index in [1.54, 1.807) is 0 Å². The number of unbranched alkanes of at least 4 members (excludes halogenated alkanes) is 14. The average Bonchev–Trinajstić information content (AvgIpc) is 2.52. The molecule has 0 aliphatic carbocycles. The van der Waals surface area contributed by atoms with E-state index >= 15 is 0 Å². The molecule has 0 fully saturated rings. The van der Waals surface area contributed by atoms with Crippen LogP contribution in [0.15, 0.2) is 0 Å². The van der Waals surface area contributed by atoms with Crippen LogP contribution in [0.4, 0.5) is 0 Å². The molecule has 0 N–H and O–H groups in total. The predicted molar refractivity (Wildman–Crippen MR) is 104 cm³/mol. The van der Waals surface area contributed by atoms with Crippen LogP contribution >= 0.6 is 0 Å². The Morgan fingerprint density at radius 1 is 0.478 bits per heavy atom. The van der Waals surface area contributed by atoms with Crippen molar-refractivity contribution in [1.29, 1.82) is 0 Å². The molecule has 1 radical (unpaired) electrons.